The van der Waals surface area contributed by atoms with Crippen LogP contribution in [0.3, 0.4) is 0 Å². The number of fused-ring (bicyclic) bond motifs is 1. The van der Waals surface area contributed by atoms with E-state index in [0.29, 0.717) is 23.2 Å². The minimum absolute atomic E-state index is 0.528. The van der Waals surface area contributed by atoms with Crippen molar-refractivity contribution >= 4 is 37.7 Å². The number of rotatable bonds is 5. The van der Waals surface area contributed by atoms with E-state index in [0.717, 1.165) is 15.9 Å². The summed E-state index contributed by atoms with van der Waals surface area (Å²) in [7, 11) is 0. The van der Waals surface area contributed by atoms with Gasteiger partial charge in [0.05, 0.1) is 6.61 Å². The Kier molecular flexibility index (Phi) is 4.08. The van der Waals surface area contributed by atoms with Crippen LogP contribution in [-0.2, 0) is 0 Å². The van der Waals surface area contributed by atoms with Gasteiger partial charge < -0.3 is 9.47 Å². The van der Waals surface area contributed by atoms with Crippen molar-refractivity contribution in [2.45, 2.75) is 0 Å². The summed E-state index contributed by atoms with van der Waals surface area (Å²) in [4.78, 5) is 13.3. The Balaban J connectivity index is 1.73. The van der Waals surface area contributed by atoms with Crippen LogP contribution in [0.4, 0.5) is 0 Å². The lowest BCUT2D eigenvalue weighted by Gasteiger charge is -2.05. The molecule has 0 aliphatic rings. The van der Waals surface area contributed by atoms with Crippen LogP contribution >= 0.6 is 27.3 Å². The third kappa shape index (κ3) is 3.05. The lowest BCUT2D eigenvalue weighted by Crippen LogP contribution is -1.97. The molecule has 0 atom stereocenters. The zero-order valence-corrected chi connectivity index (χ0v) is 12.7. The van der Waals surface area contributed by atoms with Crippen LogP contribution < -0.4 is 9.47 Å². The van der Waals surface area contributed by atoms with Gasteiger partial charge in [-0.1, -0.05) is 27.3 Å². The third-order valence-electron chi connectivity index (χ3n) is 2.40. The van der Waals surface area contributed by atoms with Gasteiger partial charge in [0.15, 0.2) is 10.5 Å². The van der Waals surface area contributed by atoms with Gasteiger partial charge in [0.25, 0.3) is 5.19 Å². The van der Waals surface area contributed by atoms with E-state index >= 15 is 0 Å². The van der Waals surface area contributed by atoms with E-state index < -0.39 is 0 Å². The molecule has 0 unspecified atom stereocenters. The molecule has 0 fully saturated rings. The second kappa shape index (κ2) is 6.15. The Morgan fingerprint density at radius 2 is 1.80 bits per heavy atom. The molecule has 0 radical (unpaired) electrons. The van der Waals surface area contributed by atoms with E-state index in [9.17, 15) is 0 Å². The number of hydrogen-bond acceptors (Lipinski definition) is 6. The van der Waals surface area contributed by atoms with Crippen molar-refractivity contribution in [3.8, 4) is 16.7 Å². The van der Waals surface area contributed by atoms with Crippen LogP contribution in [0, 0.1) is 0 Å². The van der Waals surface area contributed by atoms with Gasteiger partial charge in [0.2, 0.25) is 0 Å². The molecule has 0 aliphatic heterocycles. The molecule has 1 aromatic carbocycles. The number of benzene rings is 1. The predicted molar refractivity (Wildman–Crippen MR) is 81.0 cm³/mol. The van der Waals surface area contributed by atoms with Crippen molar-refractivity contribution < 1.29 is 9.47 Å². The van der Waals surface area contributed by atoms with Gasteiger partial charge in [0, 0.05) is 17.7 Å². The van der Waals surface area contributed by atoms with Crippen LogP contribution in [0.1, 0.15) is 0 Å². The van der Waals surface area contributed by atoms with Crippen molar-refractivity contribution in [3.63, 3.8) is 0 Å². The van der Waals surface area contributed by atoms with Gasteiger partial charge in [0.1, 0.15) is 11.5 Å². The topological polar surface area (TPSA) is 57.1 Å². The molecule has 3 aromatic rings. The molecule has 7 heteroatoms. The molecule has 5 nitrogen and oxygen atoms in total. The van der Waals surface area contributed by atoms with Crippen molar-refractivity contribution in [3.05, 3.63) is 36.7 Å². The van der Waals surface area contributed by atoms with Gasteiger partial charge in [-0.2, -0.15) is 4.98 Å². The van der Waals surface area contributed by atoms with Crippen LogP contribution in [0.25, 0.3) is 10.5 Å². The number of aromatic nitrogens is 3. The minimum atomic E-state index is 0.528. The van der Waals surface area contributed by atoms with Gasteiger partial charge in [-0.3, -0.25) is 0 Å². The SMILES string of the molecule is BrCCOc1ccc(Oc2nc3nccnc3s2)cc1. The summed E-state index contributed by atoms with van der Waals surface area (Å²) in [5.74, 6) is 1.51. The van der Waals surface area contributed by atoms with E-state index in [1.54, 1.807) is 12.4 Å². The van der Waals surface area contributed by atoms with Gasteiger partial charge >= 0.3 is 0 Å². The first-order valence-electron chi connectivity index (χ1n) is 5.89. The molecular formula is C13H10BrN3O2S. The lowest BCUT2D eigenvalue weighted by atomic mass is 10.3. The largest absolute Gasteiger partial charge is 0.493 e. The normalized spacial score (nSPS) is 10.7. The summed E-state index contributed by atoms with van der Waals surface area (Å²) in [6.07, 6.45) is 3.25. The summed E-state index contributed by atoms with van der Waals surface area (Å²) >= 11 is 4.68. The maximum absolute atomic E-state index is 5.69. The summed E-state index contributed by atoms with van der Waals surface area (Å²) in [6.45, 7) is 0.634. The van der Waals surface area contributed by atoms with Crippen molar-refractivity contribution in [1.82, 2.24) is 15.0 Å². The lowest BCUT2D eigenvalue weighted by molar-refractivity contribution is 0.344. The van der Waals surface area contributed by atoms with Gasteiger partial charge in [-0.25, -0.2) is 9.97 Å². The zero-order valence-electron chi connectivity index (χ0n) is 10.3. The summed E-state index contributed by atoms with van der Waals surface area (Å²) < 4.78 is 11.2. The van der Waals surface area contributed by atoms with E-state index in [2.05, 4.69) is 30.9 Å². The summed E-state index contributed by atoms with van der Waals surface area (Å²) in [5, 5.41) is 1.33. The Hall–Kier alpha value is -1.73. The van der Waals surface area contributed by atoms with Crippen molar-refractivity contribution in [2.75, 3.05) is 11.9 Å². The number of nitrogens with zero attached hydrogens (tertiary/aromatic N) is 3. The molecule has 0 saturated heterocycles. The van der Waals surface area contributed by atoms with E-state index in [1.807, 2.05) is 24.3 Å². The highest BCUT2D eigenvalue weighted by Gasteiger charge is 2.07. The number of hydrogen-bond donors (Lipinski definition) is 0. The number of halogens is 1. The molecule has 3 rings (SSSR count). The second-order valence-electron chi connectivity index (χ2n) is 3.78. The fourth-order valence-electron chi connectivity index (χ4n) is 1.56. The zero-order chi connectivity index (χ0) is 13.8. The predicted octanol–water partition coefficient (Wildman–Crippen LogP) is 3.65. The molecule has 102 valence electrons. The standard InChI is InChI=1S/C13H10BrN3O2S/c14-5-8-18-9-1-3-10(4-2-9)19-13-17-11-12(20-13)16-7-6-15-11/h1-4,6-7H,5,8H2. The van der Waals surface area contributed by atoms with Crippen LogP contribution in [0.5, 0.6) is 16.7 Å². The molecule has 0 bridgehead atoms. The Labute approximate surface area is 127 Å². The van der Waals surface area contributed by atoms with Crippen molar-refractivity contribution in [2.24, 2.45) is 0 Å². The Morgan fingerprint density at radius 1 is 1.05 bits per heavy atom. The number of ether oxygens (including phenoxy) is 2. The Morgan fingerprint density at radius 3 is 2.55 bits per heavy atom. The van der Waals surface area contributed by atoms with Gasteiger partial charge in [-0.15, -0.1) is 0 Å². The fourth-order valence-corrected chi connectivity index (χ4v) is 2.46. The third-order valence-corrected chi connectivity index (χ3v) is 3.56. The second-order valence-corrected chi connectivity index (χ2v) is 5.51. The summed E-state index contributed by atoms with van der Waals surface area (Å²) in [6, 6.07) is 7.41. The summed E-state index contributed by atoms with van der Waals surface area (Å²) in [5.41, 5.74) is 0.602. The first kappa shape index (κ1) is 13.3. The van der Waals surface area contributed by atoms with E-state index in [4.69, 9.17) is 9.47 Å². The van der Waals surface area contributed by atoms with Crippen LogP contribution in [0.2, 0.25) is 0 Å². The van der Waals surface area contributed by atoms with Crippen LogP contribution in [0.15, 0.2) is 36.7 Å². The molecular weight excluding hydrogens is 342 g/mol. The van der Waals surface area contributed by atoms with E-state index in [1.165, 1.54) is 11.3 Å². The molecule has 0 spiro atoms. The molecule has 20 heavy (non-hydrogen) atoms. The molecule has 0 aliphatic carbocycles. The first-order chi connectivity index (χ1) is 9.85. The highest BCUT2D eigenvalue weighted by molar-refractivity contribution is 9.09. The highest BCUT2D eigenvalue weighted by Crippen LogP contribution is 2.29. The molecule has 0 N–H and O–H groups in total. The quantitative estimate of drug-likeness (QED) is 0.656. The number of alkyl halides is 1. The van der Waals surface area contributed by atoms with Gasteiger partial charge in [-0.05, 0) is 24.3 Å². The molecule has 0 amide bonds. The highest BCUT2D eigenvalue weighted by atomic mass is 79.9. The monoisotopic (exact) mass is 351 g/mol. The Bertz CT molecular complexity index is 669. The average molecular weight is 352 g/mol. The maximum Gasteiger partial charge on any atom is 0.282 e. The number of thiazole rings is 1. The van der Waals surface area contributed by atoms with Crippen molar-refractivity contribution in [1.29, 1.82) is 0 Å². The molecule has 2 aromatic heterocycles. The first-order valence-corrected chi connectivity index (χ1v) is 7.83. The molecule has 0 saturated carbocycles. The van der Waals surface area contributed by atoms with E-state index in [-0.39, 0.29) is 0 Å². The average Bonchev–Trinajstić information content (AvgIpc) is 2.89. The molecule has 2 heterocycles. The minimum Gasteiger partial charge on any atom is -0.493 e. The smallest absolute Gasteiger partial charge is 0.282 e. The fraction of sp³-hybridized carbons (Fsp3) is 0.154. The maximum atomic E-state index is 5.69. The van der Waals surface area contributed by atoms with Crippen LogP contribution in [-0.4, -0.2) is 26.9 Å².